The average molecular weight is 1940 g/mol. The highest BCUT2D eigenvalue weighted by Gasteiger charge is 2.22. The highest BCUT2D eigenvalue weighted by molar-refractivity contribution is 6.33. The van der Waals surface area contributed by atoms with Crippen LogP contribution in [0.4, 0.5) is 13.2 Å². The van der Waals surface area contributed by atoms with Gasteiger partial charge in [0.1, 0.15) is 52.4 Å². The summed E-state index contributed by atoms with van der Waals surface area (Å²) in [5, 5.41) is 11.6. The van der Waals surface area contributed by atoms with Gasteiger partial charge in [-0.25, -0.2) is 53.0 Å². The van der Waals surface area contributed by atoms with E-state index in [0.29, 0.717) is 90.6 Å². The van der Waals surface area contributed by atoms with Gasteiger partial charge in [-0.2, -0.15) is 5.26 Å². The van der Waals surface area contributed by atoms with Crippen molar-refractivity contribution in [3.05, 3.63) is 421 Å². The van der Waals surface area contributed by atoms with E-state index in [0.717, 1.165) is 166 Å². The zero-order valence-electron chi connectivity index (χ0n) is 75.8. The Bertz CT molecular complexity index is 7770. The molecule has 21 nitrogen and oxygen atoms in total. The molecule has 10 aromatic carbocycles. The van der Waals surface area contributed by atoms with Crippen LogP contribution in [0, 0.1) is 28.8 Å². The van der Waals surface area contributed by atoms with Gasteiger partial charge in [0.25, 0.3) is 0 Å². The van der Waals surface area contributed by atoms with E-state index >= 15 is 0 Å². The molecular formula is C113H86Cl4F3N19O2. The first-order valence-electron chi connectivity index (χ1n) is 45.0. The van der Waals surface area contributed by atoms with Crippen molar-refractivity contribution in [3.8, 4) is 176 Å². The molecule has 0 spiro atoms. The van der Waals surface area contributed by atoms with E-state index in [1.54, 1.807) is 117 Å². The second kappa shape index (κ2) is 46.6. The van der Waals surface area contributed by atoms with Gasteiger partial charge in [0.2, 0.25) is 11.8 Å². The minimum absolute atomic E-state index is 0.281. The number of nitriles is 1. The van der Waals surface area contributed by atoms with Crippen LogP contribution in [0.15, 0.2) is 377 Å². The number of fused-ring (bicyclic) bond motifs is 2. The quantitative estimate of drug-likeness (QED) is 0.0344. The van der Waals surface area contributed by atoms with Crippen molar-refractivity contribution in [1.29, 1.82) is 5.26 Å². The second-order valence-corrected chi connectivity index (χ2v) is 33.4. The van der Waals surface area contributed by atoms with Gasteiger partial charge < -0.3 is 39.4 Å². The molecule has 0 aliphatic rings. The largest absolute Gasteiger partial charge is 0.477 e. The van der Waals surface area contributed by atoms with Crippen molar-refractivity contribution in [2.24, 2.45) is 0 Å². The molecule has 28 heteroatoms. The first kappa shape index (κ1) is 95.6. The van der Waals surface area contributed by atoms with E-state index in [1.807, 2.05) is 237 Å². The third-order valence-electron chi connectivity index (χ3n) is 22.1. The zero-order chi connectivity index (χ0) is 97.2. The number of nitrogens with zero attached hydrogens (tertiary/aromatic N) is 13. The number of ether oxygens (including phenoxy) is 2. The van der Waals surface area contributed by atoms with Crippen LogP contribution in [-0.4, -0.2) is 103 Å². The molecule has 12 heterocycles. The lowest BCUT2D eigenvalue weighted by Crippen LogP contribution is -2.00. The zero-order valence-corrected chi connectivity index (χ0v) is 78.8. The molecule has 0 aliphatic heterocycles. The third kappa shape index (κ3) is 24.0. The predicted octanol–water partition coefficient (Wildman–Crippen LogP) is 29.7. The smallest absolute Gasteiger partial charge is 0.224 e. The summed E-state index contributed by atoms with van der Waals surface area (Å²) in [7, 11) is 0. The first-order chi connectivity index (χ1) is 69.2. The molecule has 141 heavy (non-hydrogen) atoms. The predicted molar refractivity (Wildman–Crippen MR) is 555 cm³/mol. The fourth-order valence-electron chi connectivity index (χ4n) is 15.1. The van der Waals surface area contributed by atoms with Crippen molar-refractivity contribution in [3.63, 3.8) is 0 Å². The van der Waals surface area contributed by atoms with Crippen LogP contribution < -0.4 is 9.47 Å². The minimum atomic E-state index is -0.290. The Labute approximate surface area is 829 Å². The van der Waals surface area contributed by atoms with Gasteiger partial charge in [-0.3, -0.25) is 19.9 Å². The maximum absolute atomic E-state index is 14.0. The van der Waals surface area contributed by atoms with E-state index < -0.39 is 0 Å². The number of aromatic nitrogens is 18. The molecule has 0 atom stereocenters. The lowest BCUT2D eigenvalue weighted by molar-refractivity contribution is 0.299. The number of benzene rings is 10. The summed E-state index contributed by atoms with van der Waals surface area (Å²) < 4.78 is 52.8. The molecule has 6 N–H and O–H groups in total. The highest BCUT2D eigenvalue weighted by atomic mass is 35.5. The van der Waals surface area contributed by atoms with Crippen molar-refractivity contribution < 1.29 is 22.6 Å². The van der Waals surface area contributed by atoms with Crippen molar-refractivity contribution in [2.45, 2.75) is 39.5 Å². The van der Waals surface area contributed by atoms with E-state index in [9.17, 15) is 13.2 Å². The molecule has 22 rings (SSSR count). The molecule has 0 radical (unpaired) electrons. The SMILES string of the molecule is CCCCOc1ncccc1-c1nc2ccccc2[nH]1.CCCCOc1ncccc1-c1ncc(-c2ccccc2F)[nH]1.Clc1ccc(-c2ncccc2-c2ncc(-c3ccccc3Cl)[nH]2)cc1.Fc1cccc(-c2cnc(-c3cccnc3-c3ccc(Cl)cc3)[nH]2)c1.Fc1ccccc1-c1cnc(-c2cccnc2-c2ccc(Cl)cc2)[nH]1.N#Cc1ccc(-c2ncccc2-c2nc3ccccc3[nH]2)cc1. The number of halogens is 7. The standard InChI is InChI=1S/C20H13Cl2N3.2C20H13ClFN3.C19H12N4.C18H18FN3O.C16H17N3O/c21-14-9-7-13(8-10-14)19-16(5-3-11-23-19)20-24-12-18(25-20)15-4-1-2-6-17(15)22;21-15-8-6-13(7-9-15)19-17(5-2-10-23-19)20-24-12-18(25-20)14-3-1-4-16(22)11-14;21-14-9-7-13(8-10-14)19-16(5-3-11-23-19)20-24-12-18(25-20)15-4-1-2-6-17(15)22;20-12-13-7-9-14(10-8-13)18-15(4-3-11-21-18)19-22-16-5-1-2-6-17(16)23-19;1-2-3-11-23-18-14(8-6-10-20-18)17-21-12-16(22-17)13-7-4-5-9-15(13)19;1-2-3-11-20-16-12(7-6-10-17-16)15-18-13-8-4-5-9-14(13)19-15/h3*1-12H,(H,24,25);1-11H,(H,22,23);4-10,12H,2-3,11H2,1H3,(H,21,22);4-10H,2-3,11H2,1H3,(H,18,19). The van der Waals surface area contributed by atoms with E-state index in [1.165, 1.54) is 24.3 Å². The van der Waals surface area contributed by atoms with Crippen molar-refractivity contribution in [2.75, 3.05) is 13.2 Å². The Morgan fingerprint density at radius 2 is 0.617 bits per heavy atom. The Hall–Kier alpha value is -17.1. The van der Waals surface area contributed by atoms with E-state index in [2.05, 4.69) is 110 Å². The molecule has 694 valence electrons. The van der Waals surface area contributed by atoms with Crippen LogP contribution >= 0.6 is 46.4 Å². The monoisotopic (exact) mass is 1940 g/mol. The lowest BCUT2D eigenvalue weighted by Gasteiger charge is -2.08. The fraction of sp³-hybridized carbons (Fsp3) is 0.0708. The molecule has 0 bridgehead atoms. The first-order valence-corrected chi connectivity index (χ1v) is 46.6. The molecule has 0 amide bonds. The summed E-state index contributed by atoms with van der Waals surface area (Å²) in [5.41, 5.74) is 22.4. The van der Waals surface area contributed by atoms with Gasteiger partial charge in [0.05, 0.1) is 128 Å². The van der Waals surface area contributed by atoms with Crippen molar-refractivity contribution >= 4 is 68.5 Å². The van der Waals surface area contributed by atoms with Gasteiger partial charge >= 0.3 is 0 Å². The number of hydrogen-bond acceptors (Lipinski definition) is 15. The third-order valence-corrected chi connectivity index (χ3v) is 23.2. The number of hydrogen-bond donors (Lipinski definition) is 6. The Kier molecular flexibility index (Phi) is 31.6. The van der Waals surface area contributed by atoms with Crippen LogP contribution in [0.5, 0.6) is 11.8 Å². The minimum Gasteiger partial charge on any atom is -0.477 e. The topological polar surface area (TPSA) is 292 Å². The molecule has 12 aromatic heterocycles. The number of para-hydroxylation sites is 4. The summed E-state index contributed by atoms with van der Waals surface area (Å²) in [6, 6.07) is 98.3. The van der Waals surface area contributed by atoms with Crippen LogP contribution in [0.2, 0.25) is 20.1 Å². The highest BCUT2D eigenvalue weighted by Crippen LogP contribution is 2.39. The molecule has 0 aliphatic carbocycles. The van der Waals surface area contributed by atoms with Gasteiger partial charge in [-0.1, -0.05) is 200 Å². The molecule has 0 saturated carbocycles. The maximum atomic E-state index is 14.0. The molecule has 0 fully saturated rings. The molecule has 0 unspecified atom stereocenters. The number of imidazole rings is 6. The lowest BCUT2D eigenvalue weighted by atomic mass is 10.0. The van der Waals surface area contributed by atoms with Crippen molar-refractivity contribution in [1.82, 2.24) is 89.7 Å². The number of unbranched alkanes of at least 4 members (excludes halogenated alkanes) is 2. The van der Waals surface area contributed by atoms with Gasteiger partial charge in [0, 0.05) is 124 Å². The molecule has 0 saturated heterocycles. The normalized spacial score (nSPS) is 10.8. The summed E-state index contributed by atoms with van der Waals surface area (Å²) >= 11 is 24.2. The summed E-state index contributed by atoms with van der Waals surface area (Å²) in [6.45, 7) is 5.54. The number of aromatic amines is 6. The van der Waals surface area contributed by atoms with Gasteiger partial charge in [0.15, 0.2) is 0 Å². The van der Waals surface area contributed by atoms with Crippen LogP contribution in [0.1, 0.15) is 45.1 Å². The second-order valence-electron chi connectivity index (χ2n) is 31.7. The summed E-state index contributed by atoms with van der Waals surface area (Å²) in [4.78, 5) is 73.2. The van der Waals surface area contributed by atoms with Crippen LogP contribution in [0.3, 0.4) is 0 Å². The number of H-pyrrole nitrogens is 6. The number of nitrogens with one attached hydrogen (secondary N) is 6. The van der Waals surface area contributed by atoms with Gasteiger partial charge in [-0.15, -0.1) is 0 Å². The molecular weight excluding hydrogens is 1850 g/mol. The number of pyridine rings is 6. The Morgan fingerprint density at radius 1 is 0.291 bits per heavy atom. The molecule has 22 aromatic rings. The van der Waals surface area contributed by atoms with Crippen LogP contribution in [-0.2, 0) is 0 Å². The summed E-state index contributed by atoms with van der Waals surface area (Å²) in [5.74, 6) is 4.58. The van der Waals surface area contributed by atoms with E-state index in [-0.39, 0.29) is 17.5 Å². The van der Waals surface area contributed by atoms with Gasteiger partial charge in [-0.05, 0) is 201 Å². The maximum Gasteiger partial charge on any atom is 0.224 e. The Morgan fingerprint density at radius 3 is 1.01 bits per heavy atom. The fourth-order valence-corrected chi connectivity index (χ4v) is 15.7. The number of rotatable bonds is 22. The summed E-state index contributed by atoms with van der Waals surface area (Å²) in [6.07, 6.45) is 21.3. The Balaban J connectivity index is 0.000000117. The van der Waals surface area contributed by atoms with Crippen LogP contribution in [0.25, 0.3) is 180 Å². The average Bonchev–Trinajstić information content (AvgIpc) is 1.69. The van der Waals surface area contributed by atoms with E-state index in [4.69, 9.17) is 61.1 Å².